The van der Waals surface area contributed by atoms with E-state index >= 15 is 0 Å². The molecule has 4 N–H and O–H groups in total. The molecule has 2 fully saturated rings. The molecule has 0 amide bonds. The van der Waals surface area contributed by atoms with Crippen LogP contribution >= 0.6 is 0 Å². The van der Waals surface area contributed by atoms with Crippen LogP contribution in [0.2, 0.25) is 0 Å². The second-order valence-electron chi connectivity index (χ2n) is 14.9. The Hall–Kier alpha value is -1.14. The molecule has 2 rings (SSSR count). The van der Waals surface area contributed by atoms with Gasteiger partial charge in [-0.3, -0.25) is 9.59 Å². The molecular formula is C35H65NO9. The van der Waals surface area contributed by atoms with Crippen LogP contribution in [0.4, 0.5) is 0 Å². The summed E-state index contributed by atoms with van der Waals surface area (Å²) >= 11 is 0. The molecule has 45 heavy (non-hydrogen) atoms. The Kier molecular flexibility index (Phi) is 13.7. The van der Waals surface area contributed by atoms with Gasteiger partial charge in [-0.05, 0) is 65.3 Å². The van der Waals surface area contributed by atoms with Crippen molar-refractivity contribution in [2.24, 2.45) is 35.5 Å². The fourth-order valence-corrected chi connectivity index (χ4v) is 8.18. The van der Waals surface area contributed by atoms with Crippen LogP contribution in [0.3, 0.4) is 0 Å². The molecule has 0 saturated carbocycles. The van der Waals surface area contributed by atoms with Crippen molar-refractivity contribution in [2.45, 2.75) is 149 Å². The predicted molar refractivity (Wildman–Crippen MR) is 174 cm³/mol. The second-order valence-corrected chi connectivity index (χ2v) is 14.9. The van der Waals surface area contributed by atoms with E-state index in [4.69, 9.17) is 18.9 Å². The maximum Gasteiger partial charge on any atom is 0.309 e. The minimum atomic E-state index is -1.87. The largest absolute Gasteiger partial charge is 0.459 e. The topological polar surface area (TPSA) is 144 Å². The van der Waals surface area contributed by atoms with E-state index in [1.54, 1.807) is 28.1 Å². The van der Waals surface area contributed by atoms with Crippen molar-refractivity contribution >= 4 is 11.8 Å². The van der Waals surface area contributed by atoms with Gasteiger partial charge < -0.3 is 39.6 Å². The highest BCUT2D eigenvalue weighted by molar-refractivity contribution is 5.83. The molecule has 1 unspecified atom stereocenters. The third-order valence-electron chi connectivity index (χ3n) is 12.0. The minimum Gasteiger partial charge on any atom is -0.459 e. The second kappa shape index (κ2) is 15.4. The molecule has 2 aliphatic heterocycles. The van der Waals surface area contributed by atoms with Crippen LogP contribution in [0, 0.1) is 35.5 Å². The van der Waals surface area contributed by atoms with Gasteiger partial charge in [0.2, 0.25) is 0 Å². The van der Waals surface area contributed by atoms with Gasteiger partial charge in [0.15, 0.2) is 0 Å². The standard InChI is InChI=1S/C35H65NO9/c1-14-16-36-19-35(41)25(8)44-26(18-33(35,10)43-13)28-21(4)24(7)32(9,42-12)17-20(3)29(37)23(6)30(38)34(11,40)27(15-2)45-31(39)22(28)5/h20-28,30,36,38,40-41H,14-19H2,1-13H3/t20-,21-,22-,23+,24-,25+,26?,27-,28+,30-,32-,33-,34-,35-/m1/s1. The molecule has 0 aromatic rings. The van der Waals surface area contributed by atoms with E-state index < -0.39 is 76.5 Å². The minimum absolute atomic E-state index is 0.147. The Morgan fingerprint density at radius 2 is 1.53 bits per heavy atom. The first-order chi connectivity index (χ1) is 20.7. The summed E-state index contributed by atoms with van der Waals surface area (Å²) in [4.78, 5) is 27.7. The quantitative estimate of drug-likeness (QED) is 0.227. The third kappa shape index (κ3) is 7.79. The van der Waals surface area contributed by atoms with Crippen molar-refractivity contribution in [2.75, 3.05) is 27.3 Å². The van der Waals surface area contributed by atoms with Gasteiger partial charge in [0.05, 0.1) is 35.4 Å². The lowest BCUT2D eigenvalue weighted by molar-refractivity contribution is -0.282. The van der Waals surface area contributed by atoms with E-state index in [-0.39, 0.29) is 30.6 Å². The molecule has 2 heterocycles. The number of cyclic esters (lactones) is 1. The lowest BCUT2D eigenvalue weighted by Crippen LogP contribution is -2.70. The summed E-state index contributed by atoms with van der Waals surface area (Å²) in [5.41, 5.74) is -4.96. The van der Waals surface area contributed by atoms with E-state index in [0.717, 1.165) is 13.0 Å². The van der Waals surface area contributed by atoms with Crippen LogP contribution in [-0.2, 0) is 28.5 Å². The number of esters is 1. The Morgan fingerprint density at radius 1 is 0.933 bits per heavy atom. The number of Topliss-reactive ketones (excluding diaryl/α,β-unsaturated/α-hetero) is 1. The molecule has 2 aliphatic rings. The van der Waals surface area contributed by atoms with E-state index in [1.165, 1.54) is 6.92 Å². The number of carbonyl (C=O) groups is 2. The molecule has 0 radical (unpaired) electrons. The number of ether oxygens (including phenoxy) is 4. The van der Waals surface area contributed by atoms with E-state index in [9.17, 15) is 24.9 Å². The zero-order chi connectivity index (χ0) is 34.7. The molecule has 0 aromatic carbocycles. The predicted octanol–water partition coefficient (Wildman–Crippen LogP) is 3.91. The number of hydrogen-bond acceptors (Lipinski definition) is 10. The molecule has 10 nitrogen and oxygen atoms in total. The molecule has 2 saturated heterocycles. The fourth-order valence-electron chi connectivity index (χ4n) is 8.18. The van der Waals surface area contributed by atoms with Gasteiger partial charge in [-0.2, -0.15) is 0 Å². The number of hydrogen-bond donors (Lipinski definition) is 4. The van der Waals surface area contributed by atoms with Crippen molar-refractivity contribution in [3.05, 3.63) is 0 Å². The van der Waals surface area contributed by atoms with Gasteiger partial charge in [-0.15, -0.1) is 0 Å². The Morgan fingerprint density at radius 3 is 2.04 bits per heavy atom. The average molecular weight is 644 g/mol. The van der Waals surface area contributed by atoms with Crippen LogP contribution in [0.1, 0.15) is 102 Å². The maximum atomic E-state index is 14.0. The van der Waals surface area contributed by atoms with Crippen LogP contribution in [0.25, 0.3) is 0 Å². The number of nitrogens with one attached hydrogen (secondary N) is 1. The van der Waals surface area contributed by atoms with Crippen LogP contribution in [0.15, 0.2) is 0 Å². The highest BCUT2D eigenvalue weighted by Gasteiger charge is 2.59. The first-order valence-corrected chi connectivity index (χ1v) is 17.1. The summed E-state index contributed by atoms with van der Waals surface area (Å²) in [5, 5.41) is 38.1. The molecule has 0 bridgehead atoms. The lowest BCUT2D eigenvalue weighted by Gasteiger charge is -2.56. The number of aliphatic hydroxyl groups is 3. The van der Waals surface area contributed by atoms with Crippen LogP contribution < -0.4 is 5.32 Å². The number of ketones is 1. The van der Waals surface area contributed by atoms with Crippen molar-refractivity contribution in [1.29, 1.82) is 0 Å². The number of aliphatic hydroxyl groups excluding tert-OH is 1. The first kappa shape index (κ1) is 40.0. The van der Waals surface area contributed by atoms with Crippen molar-refractivity contribution < 1.29 is 43.9 Å². The van der Waals surface area contributed by atoms with Gasteiger partial charge >= 0.3 is 5.97 Å². The molecule has 0 aliphatic carbocycles. The first-order valence-electron chi connectivity index (χ1n) is 17.1. The number of carbonyl (C=O) groups excluding carboxylic acids is 2. The molecule has 10 heteroatoms. The normalized spacial score (nSPS) is 47.6. The number of rotatable bonds is 8. The highest BCUT2D eigenvalue weighted by Crippen LogP contribution is 2.48. The summed E-state index contributed by atoms with van der Waals surface area (Å²) in [6.45, 7) is 21.4. The lowest BCUT2D eigenvalue weighted by atomic mass is 9.63. The summed E-state index contributed by atoms with van der Waals surface area (Å²) < 4.78 is 24.9. The molecule has 0 aromatic heterocycles. The van der Waals surface area contributed by atoms with Crippen molar-refractivity contribution in [1.82, 2.24) is 5.32 Å². The Bertz CT molecular complexity index is 992. The van der Waals surface area contributed by atoms with Gasteiger partial charge in [-0.25, -0.2) is 0 Å². The summed E-state index contributed by atoms with van der Waals surface area (Å²) in [6, 6.07) is 0. The maximum absolute atomic E-state index is 14.0. The third-order valence-corrected chi connectivity index (χ3v) is 12.0. The Labute approximate surface area is 272 Å². The molecule has 0 spiro atoms. The Balaban J connectivity index is 2.69. The monoisotopic (exact) mass is 643 g/mol. The summed E-state index contributed by atoms with van der Waals surface area (Å²) in [7, 11) is 3.23. The van der Waals surface area contributed by atoms with Crippen molar-refractivity contribution in [3.63, 3.8) is 0 Å². The van der Waals surface area contributed by atoms with E-state index in [1.807, 2.05) is 34.6 Å². The van der Waals surface area contributed by atoms with Gasteiger partial charge in [0.25, 0.3) is 0 Å². The van der Waals surface area contributed by atoms with Crippen LogP contribution in [0.5, 0.6) is 0 Å². The highest BCUT2D eigenvalue weighted by atomic mass is 16.6. The fraction of sp³-hybridized carbons (Fsp3) is 0.943. The zero-order valence-corrected chi connectivity index (χ0v) is 30.3. The van der Waals surface area contributed by atoms with E-state index in [2.05, 4.69) is 26.1 Å². The molecular weight excluding hydrogens is 578 g/mol. The summed E-state index contributed by atoms with van der Waals surface area (Å²) in [5.74, 6) is -3.49. The molecule has 14 atom stereocenters. The summed E-state index contributed by atoms with van der Waals surface area (Å²) in [6.07, 6.45) is -1.76. The number of methoxy groups -OCH3 is 2. The van der Waals surface area contributed by atoms with E-state index in [0.29, 0.717) is 12.8 Å². The molecule has 264 valence electrons. The van der Waals surface area contributed by atoms with Gasteiger partial charge in [0.1, 0.15) is 23.1 Å². The smallest absolute Gasteiger partial charge is 0.309 e. The SMILES string of the molecule is CCCNC[C@@]1(O)[C@H](C)OC([C@H]2[C@H](C)[C@@H](C)[C@](C)(OC)C[C@@H](C)C(=O)[C@H](C)[C@@H](O)[C@](C)(O)[C@@H](CC)OC(=O)[C@@H]2C)C[C@@]1(C)OC. The van der Waals surface area contributed by atoms with Crippen LogP contribution in [-0.4, -0.2) is 101 Å². The van der Waals surface area contributed by atoms with Crippen molar-refractivity contribution in [3.8, 4) is 0 Å². The zero-order valence-electron chi connectivity index (χ0n) is 30.3. The average Bonchev–Trinajstić information content (AvgIpc) is 3.00. The van der Waals surface area contributed by atoms with Gasteiger partial charge in [0, 0.05) is 44.9 Å². The van der Waals surface area contributed by atoms with Gasteiger partial charge in [-0.1, -0.05) is 48.5 Å².